The number of nitrogens with zero attached hydrogens (tertiary/aromatic N) is 4. The molecule has 1 amide bonds. The number of morpholine rings is 1. The number of ether oxygens (including phenoxy) is 1. The van der Waals surface area contributed by atoms with E-state index in [0.29, 0.717) is 11.3 Å². The molecule has 172 valence electrons. The van der Waals surface area contributed by atoms with Crippen LogP contribution < -0.4 is 10.2 Å². The molecule has 2 atom stereocenters. The van der Waals surface area contributed by atoms with Crippen LogP contribution in [0.4, 0.5) is 29.1 Å². The van der Waals surface area contributed by atoms with Gasteiger partial charge in [-0.25, -0.2) is 19.3 Å². The monoisotopic (exact) mass is 461 g/mol. The molecule has 11 heteroatoms. The number of carbonyl (C=O) groups excluding carboxylic acids is 1. The highest BCUT2D eigenvalue weighted by atomic mass is 19.4. The van der Waals surface area contributed by atoms with Gasteiger partial charge >= 0.3 is 6.18 Å². The van der Waals surface area contributed by atoms with Gasteiger partial charge in [-0.1, -0.05) is 12.1 Å². The molecule has 3 aromatic rings. The van der Waals surface area contributed by atoms with Crippen molar-refractivity contribution >= 4 is 17.4 Å². The van der Waals surface area contributed by atoms with Crippen molar-refractivity contribution in [2.45, 2.75) is 25.2 Å². The second kappa shape index (κ2) is 9.10. The maximum atomic E-state index is 13.3. The molecule has 1 aromatic carbocycles. The lowest BCUT2D eigenvalue weighted by atomic mass is 10.1. The fraction of sp³-hybridized carbons (Fsp3) is 0.273. The Balaban J connectivity index is 1.58. The molecule has 4 rings (SSSR count). The van der Waals surface area contributed by atoms with E-state index in [2.05, 4.69) is 20.3 Å². The van der Waals surface area contributed by atoms with Gasteiger partial charge in [0.25, 0.3) is 0 Å². The largest absolute Gasteiger partial charge is 0.416 e. The highest BCUT2D eigenvalue weighted by molar-refractivity contribution is 5.97. The Bertz CT molecular complexity index is 1130. The molecular formula is C22H19F4N5O2. The number of aryl methyl sites for hydroxylation is 1. The Hall–Kier alpha value is -3.60. The molecule has 1 fully saturated rings. The lowest BCUT2D eigenvalue weighted by Gasteiger charge is -2.39. The minimum Gasteiger partial charge on any atom is -0.364 e. The highest BCUT2D eigenvalue weighted by Crippen LogP contribution is 2.30. The molecule has 7 nitrogen and oxygen atoms in total. The van der Waals surface area contributed by atoms with Crippen molar-refractivity contribution in [3.05, 3.63) is 66.4 Å². The zero-order valence-corrected chi connectivity index (χ0v) is 17.4. The summed E-state index contributed by atoms with van der Waals surface area (Å²) in [6.45, 7) is 0.774. The van der Waals surface area contributed by atoms with Crippen molar-refractivity contribution in [2.24, 2.45) is 0 Å². The molecular weight excluding hydrogens is 442 g/mol. The third-order valence-electron chi connectivity index (χ3n) is 5.17. The summed E-state index contributed by atoms with van der Waals surface area (Å²) >= 11 is 0. The van der Waals surface area contributed by atoms with Crippen LogP contribution in [0, 0.1) is 12.7 Å². The predicted molar refractivity (Wildman–Crippen MR) is 112 cm³/mol. The number of rotatable bonds is 4. The first-order chi connectivity index (χ1) is 15.7. The summed E-state index contributed by atoms with van der Waals surface area (Å²) in [5.41, 5.74) is 1.75. The molecule has 1 saturated heterocycles. The van der Waals surface area contributed by atoms with E-state index in [9.17, 15) is 22.4 Å². The maximum Gasteiger partial charge on any atom is 0.416 e. The van der Waals surface area contributed by atoms with Crippen LogP contribution in [0.1, 0.15) is 5.56 Å². The van der Waals surface area contributed by atoms with Crippen LogP contribution in [0.5, 0.6) is 0 Å². The van der Waals surface area contributed by atoms with Crippen molar-refractivity contribution in [3.63, 3.8) is 0 Å². The standard InChI is InChI=1S/C22H19F4N5O2/c1-13-5-6-15(8-16(13)20-28-9-14(23)10-29-20)30-21(32)17-12-33-18(22(24,25)26)11-31(17)19-4-2-3-7-27-19/h2-10,17-18H,11-12H2,1H3,(H,30,32)/t17-,18-/m1/s1. The molecule has 33 heavy (non-hydrogen) atoms. The van der Waals surface area contributed by atoms with Gasteiger partial charge in [0, 0.05) is 17.4 Å². The first-order valence-corrected chi connectivity index (χ1v) is 9.98. The van der Waals surface area contributed by atoms with E-state index in [-0.39, 0.29) is 11.6 Å². The average molecular weight is 461 g/mol. The zero-order valence-electron chi connectivity index (χ0n) is 17.4. The number of benzene rings is 1. The van der Waals surface area contributed by atoms with Gasteiger partial charge in [-0.3, -0.25) is 4.79 Å². The lowest BCUT2D eigenvalue weighted by molar-refractivity contribution is -0.224. The summed E-state index contributed by atoms with van der Waals surface area (Å²) in [6, 6.07) is 8.75. The van der Waals surface area contributed by atoms with Gasteiger partial charge in [-0.2, -0.15) is 13.2 Å². The van der Waals surface area contributed by atoms with Gasteiger partial charge in [0.2, 0.25) is 5.91 Å². The van der Waals surface area contributed by atoms with E-state index in [0.717, 1.165) is 18.0 Å². The summed E-state index contributed by atoms with van der Waals surface area (Å²) in [7, 11) is 0. The van der Waals surface area contributed by atoms with E-state index >= 15 is 0 Å². The number of nitrogens with one attached hydrogen (secondary N) is 1. The lowest BCUT2D eigenvalue weighted by Crippen LogP contribution is -2.58. The first kappa shape index (κ1) is 22.6. The number of amides is 1. The third kappa shape index (κ3) is 5.08. The molecule has 2 aromatic heterocycles. The van der Waals surface area contributed by atoms with Crippen molar-refractivity contribution in [1.82, 2.24) is 15.0 Å². The molecule has 0 saturated carbocycles. The maximum absolute atomic E-state index is 13.3. The molecule has 0 radical (unpaired) electrons. The summed E-state index contributed by atoms with van der Waals surface area (Å²) in [6.07, 6.45) is -3.10. The second-order valence-corrected chi connectivity index (χ2v) is 7.46. The van der Waals surface area contributed by atoms with Crippen LogP contribution >= 0.6 is 0 Å². The SMILES string of the molecule is Cc1ccc(NC(=O)[C@H]2CO[C@@H](C(F)(F)F)CN2c2ccccn2)cc1-c1ncc(F)cn1. The molecule has 0 spiro atoms. The Morgan fingerprint density at radius 3 is 2.58 bits per heavy atom. The zero-order chi connectivity index (χ0) is 23.6. The van der Waals surface area contributed by atoms with E-state index in [4.69, 9.17) is 4.74 Å². The number of carbonyl (C=O) groups is 1. The van der Waals surface area contributed by atoms with Crippen LogP contribution in [-0.2, 0) is 9.53 Å². The van der Waals surface area contributed by atoms with Gasteiger partial charge in [0.05, 0.1) is 25.5 Å². The first-order valence-electron chi connectivity index (χ1n) is 9.98. The van der Waals surface area contributed by atoms with Crippen LogP contribution in [0.15, 0.2) is 55.0 Å². The molecule has 0 aliphatic carbocycles. The van der Waals surface area contributed by atoms with Crippen molar-refractivity contribution in [1.29, 1.82) is 0 Å². The second-order valence-electron chi connectivity index (χ2n) is 7.46. The van der Waals surface area contributed by atoms with Crippen LogP contribution in [-0.4, -0.2) is 52.3 Å². The van der Waals surface area contributed by atoms with E-state index in [1.165, 1.54) is 17.2 Å². The minimum absolute atomic E-state index is 0.236. The number of anilines is 2. The number of hydrogen-bond donors (Lipinski definition) is 1. The average Bonchev–Trinajstić information content (AvgIpc) is 2.80. The van der Waals surface area contributed by atoms with Gasteiger partial charge < -0.3 is 15.0 Å². The van der Waals surface area contributed by atoms with Gasteiger partial charge in [0.15, 0.2) is 17.7 Å². The molecule has 0 unspecified atom stereocenters. The quantitative estimate of drug-likeness (QED) is 0.596. The molecule has 1 N–H and O–H groups in total. The summed E-state index contributed by atoms with van der Waals surface area (Å²) in [4.78, 5) is 26.4. The van der Waals surface area contributed by atoms with Crippen LogP contribution in [0.25, 0.3) is 11.4 Å². The Morgan fingerprint density at radius 2 is 1.91 bits per heavy atom. The van der Waals surface area contributed by atoms with Gasteiger partial charge in [-0.05, 0) is 36.8 Å². The number of aromatic nitrogens is 3. The fourth-order valence-corrected chi connectivity index (χ4v) is 3.47. The van der Waals surface area contributed by atoms with Gasteiger partial charge in [0.1, 0.15) is 11.9 Å². The molecule has 1 aliphatic heterocycles. The van der Waals surface area contributed by atoms with Crippen LogP contribution in [0.3, 0.4) is 0 Å². The van der Waals surface area contributed by atoms with E-state index < -0.39 is 43.2 Å². The fourth-order valence-electron chi connectivity index (χ4n) is 3.47. The highest BCUT2D eigenvalue weighted by Gasteiger charge is 2.47. The Labute approximate surface area is 186 Å². The third-order valence-corrected chi connectivity index (χ3v) is 5.17. The number of pyridine rings is 1. The number of alkyl halides is 3. The molecule has 1 aliphatic rings. The molecule has 0 bridgehead atoms. The topological polar surface area (TPSA) is 80.2 Å². The Morgan fingerprint density at radius 1 is 1.15 bits per heavy atom. The van der Waals surface area contributed by atoms with Crippen molar-refractivity contribution < 1.29 is 27.1 Å². The predicted octanol–water partition coefficient (Wildman–Crippen LogP) is 3.76. The smallest absolute Gasteiger partial charge is 0.364 e. The summed E-state index contributed by atoms with van der Waals surface area (Å²) in [5.74, 6) is -0.630. The number of hydrogen-bond acceptors (Lipinski definition) is 6. The summed E-state index contributed by atoms with van der Waals surface area (Å²) in [5, 5.41) is 2.71. The Kier molecular flexibility index (Phi) is 6.23. The van der Waals surface area contributed by atoms with Crippen molar-refractivity contribution in [3.8, 4) is 11.4 Å². The normalized spacial score (nSPS) is 18.8. The van der Waals surface area contributed by atoms with Crippen molar-refractivity contribution in [2.75, 3.05) is 23.4 Å². The van der Waals surface area contributed by atoms with E-state index in [1.54, 1.807) is 30.3 Å². The van der Waals surface area contributed by atoms with E-state index in [1.807, 2.05) is 6.92 Å². The van der Waals surface area contributed by atoms with Gasteiger partial charge in [-0.15, -0.1) is 0 Å². The minimum atomic E-state index is -4.57. The van der Waals surface area contributed by atoms with Crippen LogP contribution in [0.2, 0.25) is 0 Å². The molecule has 3 heterocycles. The summed E-state index contributed by atoms with van der Waals surface area (Å²) < 4.78 is 57.9. The number of halogens is 4.